The summed E-state index contributed by atoms with van der Waals surface area (Å²) in [4.78, 5) is 11.6. The summed E-state index contributed by atoms with van der Waals surface area (Å²) in [5.41, 5.74) is 6.84. The van der Waals surface area contributed by atoms with E-state index in [2.05, 4.69) is 10.6 Å². The van der Waals surface area contributed by atoms with E-state index in [-0.39, 0.29) is 5.69 Å². The molecule has 0 aliphatic rings. The highest BCUT2D eigenvalue weighted by molar-refractivity contribution is 5.99. The van der Waals surface area contributed by atoms with E-state index in [0.29, 0.717) is 11.4 Å². The lowest BCUT2D eigenvalue weighted by molar-refractivity contribution is 0.262. The van der Waals surface area contributed by atoms with Gasteiger partial charge in [-0.2, -0.15) is 0 Å². The number of hydrogen-bond donors (Lipinski definition) is 3. The van der Waals surface area contributed by atoms with Crippen LogP contribution in [0.25, 0.3) is 0 Å². The van der Waals surface area contributed by atoms with Crippen molar-refractivity contribution in [3.8, 4) is 0 Å². The number of benzene rings is 2. The average Bonchev–Trinajstić information content (AvgIpc) is 2.35. The molecule has 0 aliphatic carbocycles. The van der Waals surface area contributed by atoms with Crippen molar-refractivity contribution >= 4 is 23.1 Å². The quantitative estimate of drug-likeness (QED) is 0.712. The molecule has 0 heterocycles. The van der Waals surface area contributed by atoms with Crippen LogP contribution in [0.3, 0.4) is 0 Å². The average molecular weight is 245 g/mol. The molecule has 2 rings (SSSR count). The number of para-hydroxylation sites is 1. The van der Waals surface area contributed by atoms with Gasteiger partial charge < -0.3 is 16.4 Å². The molecule has 0 bridgehead atoms. The molecule has 0 aromatic heterocycles. The first-order chi connectivity index (χ1) is 8.65. The van der Waals surface area contributed by atoms with Crippen molar-refractivity contribution in [3.05, 3.63) is 54.3 Å². The molecule has 4 nitrogen and oxygen atoms in total. The second-order valence-electron chi connectivity index (χ2n) is 3.68. The molecule has 0 fully saturated rings. The van der Waals surface area contributed by atoms with E-state index in [9.17, 15) is 9.18 Å². The van der Waals surface area contributed by atoms with Crippen LogP contribution in [0.4, 0.5) is 26.2 Å². The van der Waals surface area contributed by atoms with Gasteiger partial charge in [-0.05, 0) is 36.4 Å². The van der Waals surface area contributed by atoms with Crippen molar-refractivity contribution in [1.29, 1.82) is 0 Å². The van der Waals surface area contributed by atoms with Gasteiger partial charge in [-0.1, -0.05) is 12.1 Å². The van der Waals surface area contributed by atoms with Crippen LogP contribution in [-0.4, -0.2) is 6.03 Å². The Kier molecular flexibility index (Phi) is 3.43. The third-order valence-electron chi connectivity index (χ3n) is 2.29. The Morgan fingerprint density at radius 2 is 1.67 bits per heavy atom. The fourth-order valence-corrected chi connectivity index (χ4v) is 1.41. The number of urea groups is 1. The first-order valence-corrected chi connectivity index (χ1v) is 5.33. The molecule has 2 aromatic carbocycles. The number of hydrogen-bond acceptors (Lipinski definition) is 2. The highest BCUT2D eigenvalue weighted by atomic mass is 19.1. The Labute approximate surface area is 104 Å². The smallest absolute Gasteiger partial charge is 0.323 e. The second-order valence-corrected chi connectivity index (χ2v) is 3.68. The molecule has 0 unspecified atom stereocenters. The summed E-state index contributed by atoms with van der Waals surface area (Å²) >= 11 is 0. The van der Waals surface area contributed by atoms with Gasteiger partial charge in [0.2, 0.25) is 0 Å². The molecule has 0 spiro atoms. The van der Waals surface area contributed by atoms with Gasteiger partial charge in [0, 0.05) is 11.4 Å². The van der Waals surface area contributed by atoms with Crippen LogP contribution in [0.1, 0.15) is 0 Å². The molecule has 0 radical (unpaired) electrons. The molecule has 92 valence electrons. The summed E-state index contributed by atoms with van der Waals surface area (Å²) in [6.07, 6.45) is 0. The van der Waals surface area contributed by atoms with Crippen LogP contribution in [0.5, 0.6) is 0 Å². The van der Waals surface area contributed by atoms with Crippen molar-refractivity contribution in [3.63, 3.8) is 0 Å². The third kappa shape index (κ3) is 2.98. The lowest BCUT2D eigenvalue weighted by Crippen LogP contribution is -2.20. The fourth-order valence-electron chi connectivity index (χ4n) is 1.41. The van der Waals surface area contributed by atoms with Gasteiger partial charge in [0.05, 0.1) is 5.69 Å². The van der Waals surface area contributed by atoms with Crippen molar-refractivity contribution < 1.29 is 9.18 Å². The van der Waals surface area contributed by atoms with Crippen LogP contribution in [-0.2, 0) is 0 Å². The van der Waals surface area contributed by atoms with Crippen molar-refractivity contribution in [2.75, 3.05) is 16.4 Å². The Bertz CT molecular complexity index is 554. The maximum absolute atomic E-state index is 13.3. The molecule has 2 aromatic rings. The number of carbonyl (C=O) groups excluding carboxylic acids is 1. The highest BCUT2D eigenvalue weighted by Gasteiger charge is 2.05. The Hall–Kier alpha value is -2.56. The number of anilines is 3. The minimum atomic E-state index is -0.509. The number of rotatable bonds is 2. The zero-order valence-electron chi connectivity index (χ0n) is 9.48. The number of carbonyl (C=O) groups is 1. The van der Waals surface area contributed by atoms with Crippen LogP contribution < -0.4 is 16.4 Å². The molecule has 0 aliphatic heterocycles. The van der Waals surface area contributed by atoms with Crippen LogP contribution in [0.2, 0.25) is 0 Å². The van der Waals surface area contributed by atoms with E-state index >= 15 is 0 Å². The zero-order valence-corrected chi connectivity index (χ0v) is 9.48. The van der Waals surface area contributed by atoms with Gasteiger partial charge in [-0.15, -0.1) is 0 Å². The lowest BCUT2D eigenvalue weighted by Gasteiger charge is -2.08. The number of halogens is 1. The van der Waals surface area contributed by atoms with Crippen molar-refractivity contribution in [2.24, 2.45) is 0 Å². The maximum atomic E-state index is 13.3. The van der Waals surface area contributed by atoms with Gasteiger partial charge in [0.1, 0.15) is 5.82 Å². The molecule has 18 heavy (non-hydrogen) atoms. The molecular weight excluding hydrogens is 233 g/mol. The Balaban J connectivity index is 2.01. The van der Waals surface area contributed by atoms with Gasteiger partial charge in [-0.25, -0.2) is 9.18 Å². The first-order valence-electron chi connectivity index (χ1n) is 5.33. The van der Waals surface area contributed by atoms with Crippen molar-refractivity contribution in [2.45, 2.75) is 0 Å². The summed E-state index contributed by atoms with van der Waals surface area (Å²) < 4.78 is 13.3. The Morgan fingerprint density at radius 1 is 1.00 bits per heavy atom. The summed E-state index contributed by atoms with van der Waals surface area (Å²) in [5.74, 6) is -0.482. The monoisotopic (exact) mass is 245 g/mol. The van der Waals surface area contributed by atoms with Gasteiger partial charge in [0.15, 0.2) is 0 Å². The van der Waals surface area contributed by atoms with Crippen LogP contribution >= 0.6 is 0 Å². The molecule has 2 amide bonds. The SMILES string of the molecule is Nc1ccc(NC(=O)Nc2ccccc2F)cc1. The fraction of sp³-hybridized carbons (Fsp3) is 0. The lowest BCUT2D eigenvalue weighted by atomic mass is 10.3. The van der Waals surface area contributed by atoms with E-state index in [4.69, 9.17) is 5.73 Å². The number of nitrogens with one attached hydrogen (secondary N) is 2. The van der Waals surface area contributed by atoms with Crippen LogP contribution in [0.15, 0.2) is 48.5 Å². The van der Waals surface area contributed by atoms with Gasteiger partial charge in [-0.3, -0.25) is 0 Å². The standard InChI is InChI=1S/C13H12FN3O/c14-11-3-1-2-4-12(11)17-13(18)16-10-7-5-9(15)6-8-10/h1-8H,15H2,(H2,16,17,18). The Morgan fingerprint density at radius 3 is 2.33 bits per heavy atom. The topological polar surface area (TPSA) is 67.1 Å². The van der Waals surface area contributed by atoms with E-state index in [1.165, 1.54) is 12.1 Å². The summed E-state index contributed by atoms with van der Waals surface area (Å²) in [6.45, 7) is 0. The highest BCUT2D eigenvalue weighted by Crippen LogP contribution is 2.14. The zero-order chi connectivity index (χ0) is 13.0. The minimum absolute atomic E-state index is 0.130. The molecule has 5 heteroatoms. The van der Waals surface area contributed by atoms with Crippen LogP contribution in [0, 0.1) is 5.82 Å². The van der Waals surface area contributed by atoms with Crippen molar-refractivity contribution in [1.82, 2.24) is 0 Å². The summed E-state index contributed by atoms with van der Waals surface area (Å²) in [5, 5.41) is 4.99. The molecule has 0 atom stereocenters. The van der Waals surface area contributed by atoms with E-state index in [1.807, 2.05) is 0 Å². The van der Waals surface area contributed by atoms with E-state index < -0.39 is 11.8 Å². The largest absolute Gasteiger partial charge is 0.399 e. The first kappa shape index (κ1) is 11.9. The molecule has 4 N–H and O–H groups in total. The number of nitrogens with two attached hydrogens (primary N) is 1. The third-order valence-corrected chi connectivity index (χ3v) is 2.29. The minimum Gasteiger partial charge on any atom is -0.399 e. The normalized spacial score (nSPS) is 9.83. The number of nitrogen functional groups attached to an aromatic ring is 1. The predicted molar refractivity (Wildman–Crippen MR) is 69.9 cm³/mol. The van der Waals surface area contributed by atoms with Gasteiger partial charge in [0.25, 0.3) is 0 Å². The maximum Gasteiger partial charge on any atom is 0.323 e. The van der Waals surface area contributed by atoms with E-state index in [1.54, 1.807) is 36.4 Å². The molecule has 0 saturated carbocycles. The molecular formula is C13H12FN3O. The second kappa shape index (κ2) is 5.18. The summed E-state index contributed by atoms with van der Waals surface area (Å²) in [6, 6.07) is 12.1. The number of amides is 2. The summed E-state index contributed by atoms with van der Waals surface area (Å²) in [7, 11) is 0. The van der Waals surface area contributed by atoms with E-state index in [0.717, 1.165) is 0 Å². The molecule has 0 saturated heterocycles. The predicted octanol–water partition coefficient (Wildman–Crippen LogP) is 3.05. The van der Waals surface area contributed by atoms with Gasteiger partial charge >= 0.3 is 6.03 Å².